The first-order valence-electron chi connectivity index (χ1n) is 6.88. The molecule has 1 aromatic heterocycles. The molecule has 1 unspecified atom stereocenters. The molecule has 3 rings (SSSR count). The van der Waals surface area contributed by atoms with Crippen molar-refractivity contribution in [3.63, 3.8) is 0 Å². The van der Waals surface area contributed by atoms with Gasteiger partial charge in [-0.3, -0.25) is 4.79 Å². The Morgan fingerprint density at radius 1 is 1.25 bits per heavy atom. The van der Waals surface area contributed by atoms with Crippen LogP contribution in [0.2, 0.25) is 0 Å². The average molecular weight is 287 g/mol. The highest BCUT2D eigenvalue weighted by atomic mass is 32.1. The third-order valence-corrected chi connectivity index (χ3v) is 4.54. The summed E-state index contributed by atoms with van der Waals surface area (Å²) in [6, 6.07) is 14.0. The number of benzene rings is 1. The lowest BCUT2D eigenvalue weighted by atomic mass is 10.2. The molecule has 1 aromatic carbocycles. The number of nitrogens with one attached hydrogen (secondary N) is 1. The van der Waals surface area contributed by atoms with Crippen LogP contribution >= 0.6 is 11.3 Å². The number of ether oxygens (including phenoxy) is 1. The second-order valence-corrected chi connectivity index (χ2v) is 5.96. The normalized spacial score (nSPS) is 18.1. The summed E-state index contributed by atoms with van der Waals surface area (Å²) < 4.78 is 5.50. The Kier molecular flexibility index (Phi) is 4.14. The number of amides is 1. The molecule has 1 saturated heterocycles. The van der Waals surface area contributed by atoms with Gasteiger partial charge >= 0.3 is 0 Å². The number of hydrogen-bond acceptors (Lipinski definition) is 3. The zero-order valence-corrected chi connectivity index (χ0v) is 12.0. The van der Waals surface area contributed by atoms with E-state index in [1.54, 1.807) is 0 Å². The summed E-state index contributed by atoms with van der Waals surface area (Å²) in [5.41, 5.74) is 1.15. The molecule has 2 aromatic rings. The van der Waals surface area contributed by atoms with E-state index in [0.29, 0.717) is 6.54 Å². The largest absolute Gasteiger partial charge is 0.376 e. The summed E-state index contributed by atoms with van der Waals surface area (Å²) in [4.78, 5) is 14.0. The Morgan fingerprint density at radius 2 is 2.10 bits per heavy atom. The second kappa shape index (κ2) is 6.20. The van der Waals surface area contributed by atoms with Crippen LogP contribution < -0.4 is 5.32 Å². The Balaban J connectivity index is 1.62. The van der Waals surface area contributed by atoms with Crippen LogP contribution in [0, 0.1) is 0 Å². The lowest BCUT2D eigenvalue weighted by molar-refractivity contribution is 0.0861. The van der Waals surface area contributed by atoms with Crippen molar-refractivity contribution in [2.75, 3.05) is 13.2 Å². The third kappa shape index (κ3) is 3.08. The molecule has 1 fully saturated rings. The molecule has 1 atom stereocenters. The van der Waals surface area contributed by atoms with Crippen LogP contribution in [0.1, 0.15) is 22.5 Å². The molecule has 0 radical (unpaired) electrons. The van der Waals surface area contributed by atoms with Crippen molar-refractivity contribution < 1.29 is 9.53 Å². The monoisotopic (exact) mass is 287 g/mol. The van der Waals surface area contributed by atoms with Gasteiger partial charge in [-0.25, -0.2) is 0 Å². The fourth-order valence-corrected chi connectivity index (χ4v) is 3.24. The zero-order valence-electron chi connectivity index (χ0n) is 11.2. The first-order valence-corrected chi connectivity index (χ1v) is 7.69. The second-order valence-electron chi connectivity index (χ2n) is 4.87. The molecular weight excluding hydrogens is 270 g/mol. The maximum Gasteiger partial charge on any atom is 0.261 e. The van der Waals surface area contributed by atoms with E-state index >= 15 is 0 Å². The number of hydrogen-bond donors (Lipinski definition) is 1. The molecular formula is C16H17NO2S. The van der Waals surface area contributed by atoms with Crippen molar-refractivity contribution in [1.29, 1.82) is 0 Å². The predicted octanol–water partition coefficient (Wildman–Crippen LogP) is 3.32. The molecule has 0 spiro atoms. The molecule has 20 heavy (non-hydrogen) atoms. The van der Waals surface area contributed by atoms with Gasteiger partial charge in [0.15, 0.2) is 0 Å². The average Bonchev–Trinajstić information content (AvgIpc) is 3.17. The fourth-order valence-electron chi connectivity index (χ4n) is 2.32. The topological polar surface area (TPSA) is 38.3 Å². The summed E-state index contributed by atoms with van der Waals surface area (Å²) in [5.74, 6) is -0.00678. The zero-order chi connectivity index (χ0) is 13.8. The van der Waals surface area contributed by atoms with Gasteiger partial charge in [0, 0.05) is 18.0 Å². The molecule has 0 aliphatic carbocycles. The minimum absolute atomic E-state index is 0.00678. The number of carbonyl (C=O) groups is 1. The van der Waals surface area contributed by atoms with Crippen LogP contribution in [0.5, 0.6) is 0 Å². The SMILES string of the molecule is O=C(NCC1CCCO1)c1ccc(-c2ccccc2)s1. The smallest absolute Gasteiger partial charge is 0.261 e. The summed E-state index contributed by atoms with van der Waals surface area (Å²) in [7, 11) is 0. The van der Waals surface area contributed by atoms with Gasteiger partial charge in [0.1, 0.15) is 0 Å². The van der Waals surface area contributed by atoms with Crippen molar-refractivity contribution in [2.45, 2.75) is 18.9 Å². The van der Waals surface area contributed by atoms with Crippen molar-refractivity contribution in [3.05, 3.63) is 47.3 Å². The van der Waals surface area contributed by atoms with Gasteiger partial charge in [0.25, 0.3) is 5.91 Å². The van der Waals surface area contributed by atoms with Crippen LogP contribution in [-0.2, 0) is 4.74 Å². The number of rotatable bonds is 4. The molecule has 104 valence electrons. The quantitative estimate of drug-likeness (QED) is 0.936. The highest BCUT2D eigenvalue weighted by Gasteiger charge is 2.17. The Bertz CT molecular complexity index is 573. The van der Waals surface area contributed by atoms with E-state index in [-0.39, 0.29) is 12.0 Å². The standard InChI is InChI=1S/C16H17NO2S/c18-16(17-11-13-7-4-10-19-13)15-9-8-14(20-15)12-5-2-1-3-6-12/h1-3,5-6,8-9,13H,4,7,10-11H2,(H,17,18). The minimum Gasteiger partial charge on any atom is -0.376 e. The van der Waals surface area contributed by atoms with Crippen molar-refractivity contribution in [3.8, 4) is 10.4 Å². The Hall–Kier alpha value is -1.65. The van der Waals surface area contributed by atoms with Gasteiger partial charge in [-0.2, -0.15) is 0 Å². The lowest BCUT2D eigenvalue weighted by Gasteiger charge is -2.09. The van der Waals surface area contributed by atoms with Gasteiger partial charge in [0.2, 0.25) is 0 Å². The Labute approximate surface area is 122 Å². The van der Waals surface area contributed by atoms with Gasteiger partial charge in [-0.05, 0) is 30.5 Å². The van der Waals surface area contributed by atoms with E-state index in [1.807, 2.05) is 30.3 Å². The lowest BCUT2D eigenvalue weighted by Crippen LogP contribution is -2.31. The van der Waals surface area contributed by atoms with E-state index in [1.165, 1.54) is 11.3 Å². The van der Waals surface area contributed by atoms with Gasteiger partial charge < -0.3 is 10.1 Å². The van der Waals surface area contributed by atoms with Crippen LogP contribution in [0.3, 0.4) is 0 Å². The third-order valence-electron chi connectivity index (χ3n) is 3.40. The van der Waals surface area contributed by atoms with E-state index in [4.69, 9.17) is 4.74 Å². The molecule has 4 heteroatoms. The fraction of sp³-hybridized carbons (Fsp3) is 0.312. The number of thiophene rings is 1. The van der Waals surface area contributed by atoms with Gasteiger partial charge in [0.05, 0.1) is 11.0 Å². The van der Waals surface area contributed by atoms with Crippen LogP contribution in [-0.4, -0.2) is 25.2 Å². The van der Waals surface area contributed by atoms with Crippen molar-refractivity contribution in [2.24, 2.45) is 0 Å². The number of carbonyl (C=O) groups excluding carboxylic acids is 1. The van der Waals surface area contributed by atoms with Crippen LogP contribution in [0.15, 0.2) is 42.5 Å². The van der Waals surface area contributed by atoms with Gasteiger partial charge in [-0.1, -0.05) is 30.3 Å². The minimum atomic E-state index is -0.00678. The van der Waals surface area contributed by atoms with E-state index in [9.17, 15) is 4.79 Å². The summed E-state index contributed by atoms with van der Waals surface area (Å²) in [6.07, 6.45) is 2.32. The first-order chi connectivity index (χ1) is 9.83. The molecule has 0 saturated carbocycles. The molecule has 1 aliphatic heterocycles. The van der Waals surface area contributed by atoms with E-state index in [2.05, 4.69) is 17.4 Å². The highest BCUT2D eigenvalue weighted by Crippen LogP contribution is 2.27. The molecule has 1 aliphatic rings. The maximum atomic E-state index is 12.1. The van der Waals surface area contributed by atoms with Gasteiger partial charge in [-0.15, -0.1) is 11.3 Å². The molecule has 2 heterocycles. The highest BCUT2D eigenvalue weighted by molar-refractivity contribution is 7.17. The summed E-state index contributed by atoms with van der Waals surface area (Å²) >= 11 is 1.52. The summed E-state index contributed by atoms with van der Waals surface area (Å²) in [6.45, 7) is 1.43. The predicted molar refractivity (Wildman–Crippen MR) is 81.1 cm³/mol. The van der Waals surface area contributed by atoms with E-state index in [0.717, 1.165) is 34.8 Å². The molecule has 1 amide bonds. The molecule has 0 bridgehead atoms. The Morgan fingerprint density at radius 3 is 2.85 bits per heavy atom. The molecule has 1 N–H and O–H groups in total. The first kappa shape index (κ1) is 13.3. The maximum absolute atomic E-state index is 12.1. The van der Waals surface area contributed by atoms with Crippen molar-refractivity contribution >= 4 is 17.2 Å². The van der Waals surface area contributed by atoms with Crippen LogP contribution in [0.25, 0.3) is 10.4 Å². The van der Waals surface area contributed by atoms with E-state index < -0.39 is 0 Å². The van der Waals surface area contributed by atoms with Crippen molar-refractivity contribution in [1.82, 2.24) is 5.32 Å². The summed E-state index contributed by atoms with van der Waals surface area (Å²) in [5, 5.41) is 2.95. The van der Waals surface area contributed by atoms with Crippen LogP contribution in [0.4, 0.5) is 0 Å². The molecule has 3 nitrogen and oxygen atoms in total.